The average Bonchev–Trinajstić information content (AvgIpc) is 3.02. The van der Waals surface area contributed by atoms with Crippen LogP contribution < -0.4 is 4.72 Å². The monoisotopic (exact) mass is 488 g/mol. The maximum Gasteiger partial charge on any atom is 0.416 e. The molecule has 0 bridgehead atoms. The van der Waals surface area contributed by atoms with Crippen LogP contribution in [0.2, 0.25) is 10.0 Å². The lowest BCUT2D eigenvalue weighted by molar-refractivity contribution is -0.150. The van der Waals surface area contributed by atoms with E-state index in [1.165, 1.54) is 6.20 Å². The van der Waals surface area contributed by atoms with Crippen molar-refractivity contribution >= 4 is 45.1 Å². The molecular weight excluding hydrogens is 477 g/mol. The third kappa shape index (κ3) is 4.93. The van der Waals surface area contributed by atoms with E-state index in [1.807, 2.05) is 4.72 Å². The minimum absolute atomic E-state index is 0.321. The molecule has 2 N–H and O–H groups in total. The molecule has 162 valence electrons. The summed E-state index contributed by atoms with van der Waals surface area (Å²) in [6.07, 6.45) is -8.75. The third-order valence-electron chi connectivity index (χ3n) is 4.25. The van der Waals surface area contributed by atoms with Gasteiger partial charge in [-0.15, -0.1) is 0 Å². The van der Waals surface area contributed by atoms with Gasteiger partial charge >= 0.3 is 12.4 Å². The van der Waals surface area contributed by atoms with Crippen molar-refractivity contribution in [1.29, 1.82) is 0 Å². The van der Waals surface area contributed by atoms with E-state index in [9.17, 15) is 30.6 Å². The van der Waals surface area contributed by atoms with Crippen molar-refractivity contribution < 1.29 is 30.6 Å². The molecule has 2 aromatic carbocycles. The molecule has 0 aliphatic heterocycles. The highest BCUT2D eigenvalue weighted by atomic mass is 35.5. The van der Waals surface area contributed by atoms with Gasteiger partial charge in [0.1, 0.15) is 17.0 Å². The van der Waals surface area contributed by atoms with Crippen LogP contribution in [0.25, 0.3) is 10.9 Å². The lowest BCUT2D eigenvalue weighted by Gasteiger charge is -2.22. The minimum Gasteiger partial charge on any atom is -0.361 e. The molecule has 0 fully saturated rings. The van der Waals surface area contributed by atoms with Crippen molar-refractivity contribution in [3.05, 3.63) is 63.8 Å². The van der Waals surface area contributed by atoms with Crippen LogP contribution in [-0.2, 0) is 23.6 Å². The van der Waals surface area contributed by atoms with E-state index in [0.29, 0.717) is 28.6 Å². The molecule has 0 radical (unpaired) electrons. The Morgan fingerprint density at radius 3 is 2.20 bits per heavy atom. The molecule has 30 heavy (non-hydrogen) atoms. The second-order valence-corrected chi connectivity index (χ2v) is 8.31. The molecular formula is C18H12Cl2F6N2OS. The van der Waals surface area contributed by atoms with Crippen LogP contribution in [0.15, 0.2) is 47.5 Å². The molecule has 2 atom stereocenters. The number of para-hydroxylation sites is 1. The van der Waals surface area contributed by atoms with Gasteiger partial charge in [0.2, 0.25) is 0 Å². The summed E-state index contributed by atoms with van der Waals surface area (Å²) in [6.45, 7) is 0. The minimum atomic E-state index is -4.81. The number of aromatic nitrogens is 1. The Morgan fingerprint density at radius 1 is 1.03 bits per heavy atom. The molecule has 3 rings (SSSR count). The molecule has 12 heteroatoms. The van der Waals surface area contributed by atoms with Gasteiger partial charge in [0.05, 0.1) is 20.5 Å². The second kappa shape index (κ2) is 8.41. The number of hydrogen-bond donors (Lipinski definition) is 2. The van der Waals surface area contributed by atoms with Gasteiger partial charge in [-0.3, -0.25) is 0 Å². The van der Waals surface area contributed by atoms with Crippen LogP contribution in [0.4, 0.5) is 26.3 Å². The smallest absolute Gasteiger partial charge is 0.361 e. The van der Waals surface area contributed by atoms with Crippen LogP contribution in [0, 0.1) is 0 Å². The zero-order valence-electron chi connectivity index (χ0n) is 14.7. The molecule has 1 heterocycles. The Bertz CT molecular complexity index is 1070. The molecule has 1 aromatic heterocycles. The van der Waals surface area contributed by atoms with Crippen molar-refractivity contribution in [3.8, 4) is 0 Å². The molecule has 0 amide bonds. The van der Waals surface area contributed by atoms with E-state index in [-0.39, 0.29) is 0 Å². The summed E-state index contributed by atoms with van der Waals surface area (Å²) in [5.74, 6) is 0. The Kier molecular flexibility index (Phi) is 6.43. The average molecular weight is 489 g/mol. The summed E-state index contributed by atoms with van der Waals surface area (Å²) >= 11 is 11.5. The Balaban J connectivity index is 1.90. The van der Waals surface area contributed by atoms with Crippen molar-refractivity contribution in [2.24, 2.45) is 0 Å². The van der Waals surface area contributed by atoms with E-state index in [4.69, 9.17) is 23.2 Å². The van der Waals surface area contributed by atoms with Crippen molar-refractivity contribution in [2.45, 2.75) is 29.7 Å². The van der Waals surface area contributed by atoms with E-state index >= 15 is 0 Å². The molecule has 2 unspecified atom stereocenters. The lowest BCUT2D eigenvalue weighted by atomic mass is 10.1. The fourth-order valence-corrected chi connectivity index (χ4v) is 4.81. The maximum absolute atomic E-state index is 13.6. The second-order valence-electron chi connectivity index (χ2n) is 6.31. The van der Waals surface area contributed by atoms with Gasteiger partial charge < -0.3 is 4.98 Å². The van der Waals surface area contributed by atoms with Crippen LogP contribution in [0.3, 0.4) is 0 Å². The fraction of sp³-hybridized carbons (Fsp3) is 0.222. The number of rotatable bonds is 5. The van der Waals surface area contributed by atoms with E-state index < -0.39 is 56.3 Å². The number of nitrogens with one attached hydrogen (secondary N) is 2. The topological polar surface area (TPSA) is 44.9 Å². The van der Waals surface area contributed by atoms with Crippen molar-refractivity contribution in [2.75, 3.05) is 0 Å². The van der Waals surface area contributed by atoms with Gasteiger partial charge in [-0.1, -0.05) is 41.4 Å². The van der Waals surface area contributed by atoms with E-state index in [0.717, 1.165) is 0 Å². The SMILES string of the molecule is O=S(NC(Cc1c[nH]c2ccccc12)C(F)(F)F)c1c(Cl)cc(C(F)(F)F)cc1Cl. The van der Waals surface area contributed by atoms with Crippen LogP contribution in [0.5, 0.6) is 0 Å². The first kappa shape index (κ1) is 22.9. The van der Waals surface area contributed by atoms with Gasteiger partial charge in [0.25, 0.3) is 0 Å². The zero-order valence-corrected chi connectivity index (χ0v) is 17.0. The number of hydrogen-bond acceptors (Lipinski definition) is 1. The van der Waals surface area contributed by atoms with E-state index in [1.54, 1.807) is 24.3 Å². The summed E-state index contributed by atoms with van der Waals surface area (Å²) in [4.78, 5) is 2.29. The van der Waals surface area contributed by atoms with Gasteiger partial charge in [-0.2, -0.15) is 26.3 Å². The largest absolute Gasteiger partial charge is 0.416 e. The maximum atomic E-state index is 13.6. The molecule has 3 nitrogen and oxygen atoms in total. The molecule has 0 spiro atoms. The number of benzene rings is 2. The predicted molar refractivity (Wildman–Crippen MR) is 103 cm³/mol. The van der Waals surface area contributed by atoms with Crippen LogP contribution in [0.1, 0.15) is 11.1 Å². The molecule has 3 aromatic rings. The number of fused-ring (bicyclic) bond motifs is 1. The number of halogens is 8. The molecule has 0 aliphatic rings. The first-order valence-corrected chi connectivity index (χ1v) is 10.1. The standard InChI is InChI=1S/C18H12Cl2F6N2OS/c19-12-6-10(17(21,22)23)7-13(20)16(12)30(29)28-15(18(24,25)26)5-9-8-27-14-4-2-1-3-11(9)14/h1-4,6-8,15,27-28H,5H2. The summed E-state index contributed by atoms with van der Waals surface area (Å²) < 4.78 is 93.7. The quantitative estimate of drug-likeness (QED) is 0.408. The first-order chi connectivity index (χ1) is 13.9. The number of H-pyrrole nitrogens is 1. The number of aromatic amines is 1. The summed E-state index contributed by atoms with van der Waals surface area (Å²) in [6, 6.07) is 5.35. The van der Waals surface area contributed by atoms with Crippen molar-refractivity contribution in [3.63, 3.8) is 0 Å². The summed E-state index contributed by atoms with van der Waals surface area (Å²) in [5.41, 5.74) is -0.255. The van der Waals surface area contributed by atoms with E-state index in [2.05, 4.69) is 4.98 Å². The zero-order chi connectivity index (χ0) is 22.3. The molecule has 0 aliphatic carbocycles. The normalized spacial score (nSPS) is 14.8. The third-order valence-corrected chi connectivity index (χ3v) is 6.38. The van der Waals surface area contributed by atoms with Crippen LogP contribution >= 0.6 is 23.2 Å². The van der Waals surface area contributed by atoms with Gasteiger partial charge in [0.15, 0.2) is 0 Å². The highest BCUT2D eigenvalue weighted by Gasteiger charge is 2.41. The Hall–Kier alpha value is -1.75. The first-order valence-electron chi connectivity index (χ1n) is 8.24. The summed E-state index contributed by atoms with van der Waals surface area (Å²) in [5, 5.41) is -0.757. The molecule has 0 saturated heterocycles. The van der Waals surface area contributed by atoms with Gasteiger partial charge in [0, 0.05) is 17.1 Å². The molecule has 0 saturated carbocycles. The Morgan fingerprint density at radius 2 is 1.63 bits per heavy atom. The van der Waals surface area contributed by atoms with Crippen LogP contribution in [-0.4, -0.2) is 21.4 Å². The highest BCUT2D eigenvalue weighted by molar-refractivity contribution is 7.83. The Labute approximate surface area is 178 Å². The highest BCUT2D eigenvalue weighted by Crippen LogP contribution is 2.37. The van der Waals surface area contributed by atoms with Crippen molar-refractivity contribution in [1.82, 2.24) is 9.71 Å². The fourth-order valence-electron chi connectivity index (χ4n) is 2.83. The predicted octanol–water partition coefficient (Wildman–Crippen LogP) is 6.28. The lowest BCUT2D eigenvalue weighted by Crippen LogP contribution is -2.44. The number of alkyl halides is 6. The van der Waals surface area contributed by atoms with Gasteiger partial charge in [-0.25, -0.2) is 8.93 Å². The van der Waals surface area contributed by atoms with Gasteiger partial charge in [-0.05, 0) is 30.2 Å². The summed E-state index contributed by atoms with van der Waals surface area (Å²) in [7, 11) is -2.62.